The first-order valence-electron chi connectivity index (χ1n) is 21.0. The lowest BCUT2D eigenvalue weighted by molar-refractivity contribution is -0.152. The van der Waals surface area contributed by atoms with E-state index in [9.17, 15) is 69.1 Å². The summed E-state index contributed by atoms with van der Waals surface area (Å²) in [5.41, 5.74) is 11.1. The van der Waals surface area contributed by atoms with Crippen molar-refractivity contribution in [2.45, 2.75) is 152 Å². The van der Waals surface area contributed by atoms with E-state index in [1.54, 1.807) is 0 Å². The molecule has 7 atom stereocenters. The van der Waals surface area contributed by atoms with E-state index in [-0.39, 0.29) is 51.7 Å². The number of nitrogens with two attached hydrogens (primary N) is 2. The number of nitrogens with one attached hydrogen (secondary N) is 6. The fourth-order valence-electron chi connectivity index (χ4n) is 5.95. The number of rotatable bonds is 37. The Morgan fingerprint density at radius 3 is 1.79 bits per heavy atom. The number of carboxylic acids is 1. The van der Waals surface area contributed by atoms with Crippen molar-refractivity contribution in [1.29, 1.82) is 0 Å². The van der Waals surface area contributed by atoms with E-state index < -0.39 is 103 Å². The van der Waals surface area contributed by atoms with Crippen LogP contribution < -0.4 is 43.4 Å². The molecule has 0 aromatic rings. The van der Waals surface area contributed by atoms with Crippen LogP contribution in [0.1, 0.15) is 110 Å². The maximum absolute atomic E-state index is 13.4. The molecule has 0 aliphatic carbocycles. The standard InChI is InChI=1S/C38H71N9O14/c1-2-3-4-5-6-7-8-9-10-15-30(52)42-27(22-48)29(51)21-31(53)43-28(23-49)36(57)46-32(33(54)38(59)60)37(58)45-26(16-18-40)35(56)44-25(14-13-20-47(61)24-50)34(55)41-19-12-11-17-39/h24-29,32-33,48-49,51,54,61H,2-23,39-40H2,1H3,(H,41,55)(H,42,52)(H,43,53)(H,44,56)(H,45,58)(H,46,57)(H,59,60)/t25-,26-,27-,28-,29+,32-,33+/m0/s1. The third kappa shape index (κ3) is 25.1. The molecular weight excluding hydrogens is 806 g/mol. The molecular formula is C38H71N9O14. The van der Waals surface area contributed by atoms with Gasteiger partial charge >= 0.3 is 5.97 Å². The van der Waals surface area contributed by atoms with E-state index in [0.717, 1.165) is 25.7 Å². The van der Waals surface area contributed by atoms with Crippen LogP contribution in [-0.2, 0) is 38.4 Å². The molecule has 0 radical (unpaired) electrons. The van der Waals surface area contributed by atoms with Gasteiger partial charge in [-0.2, -0.15) is 0 Å². The maximum atomic E-state index is 13.4. The van der Waals surface area contributed by atoms with Crippen molar-refractivity contribution < 1.29 is 69.1 Å². The van der Waals surface area contributed by atoms with E-state index in [2.05, 4.69) is 33.5 Å². The Hall–Kier alpha value is -4.52. The third-order valence-corrected chi connectivity index (χ3v) is 9.55. The first-order valence-corrected chi connectivity index (χ1v) is 21.0. The minimum atomic E-state index is -2.63. The highest BCUT2D eigenvalue weighted by Crippen LogP contribution is 2.11. The lowest BCUT2D eigenvalue weighted by Gasteiger charge is -2.27. The molecule has 0 bridgehead atoms. The zero-order valence-electron chi connectivity index (χ0n) is 35.2. The maximum Gasteiger partial charge on any atom is 0.335 e. The zero-order chi connectivity index (χ0) is 46.2. The van der Waals surface area contributed by atoms with Gasteiger partial charge in [0.25, 0.3) is 0 Å². The van der Waals surface area contributed by atoms with Gasteiger partial charge in [-0.15, -0.1) is 0 Å². The molecule has 0 spiro atoms. The van der Waals surface area contributed by atoms with Crippen molar-refractivity contribution >= 4 is 47.8 Å². The number of aliphatic hydroxyl groups is 4. The number of aliphatic carboxylic acids is 1. The zero-order valence-corrected chi connectivity index (χ0v) is 35.2. The molecule has 0 fully saturated rings. The van der Waals surface area contributed by atoms with Gasteiger partial charge in [-0.3, -0.25) is 38.8 Å². The van der Waals surface area contributed by atoms with Gasteiger partial charge in [0.1, 0.15) is 24.2 Å². The molecule has 16 N–H and O–H groups in total. The van der Waals surface area contributed by atoms with Gasteiger partial charge in [-0.05, 0) is 51.6 Å². The summed E-state index contributed by atoms with van der Waals surface area (Å²) in [7, 11) is 0. The Balaban J connectivity index is 5.60. The van der Waals surface area contributed by atoms with Gasteiger partial charge in [0.2, 0.25) is 41.9 Å². The Morgan fingerprint density at radius 1 is 0.639 bits per heavy atom. The second kappa shape index (κ2) is 34.1. The number of aliphatic hydroxyl groups excluding tert-OH is 4. The van der Waals surface area contributed by atoms with Crippen LogP contribution in [0.3, 0.4) is 0 Å². The second-order valence-corrected chi connectivity index (χ2v) is 14.7. The van der Waals surface area contributed by atoms with Crippen molar-refractivity contribution in [3.8, 4) is 0 Å². The molecule has 0 rings (SSSR count). The van der Waals surface area contributed by atoms with Crippen molar-refractivity contribution in [2.75, 3.05) is 39.4 Å². The van der Waals surface area contributed by atoms with Crippen LogP contribution in [0.15, 0.2) is 0 Å². The molecule has 0 saturated carbocycles. The lowest BCUT2D eigenvalue weighted by atomic mass is 10.1. The summed E-state index contributed by atoms with van der Waals surface area (Å²) in [6, 6.07) is -8.26. The molecule has 0 aliphatic rings. The number of carbonyl (C=O) groups excluding carboxylic acids is 7. The predicted octanol–water partition coefficient (Wildman–Crippen LogP) is -3.66. The number of hydrogen-bond acceptors (Lipinski definition) is 15. The van der Waals surface area contributed by atoms with Crippen LogP contribution in [0.5, 0.6) is 0 Å². The van der Waals surface area contributed by atoms with Gasteiger partial charge in [0.05, 0.1) is 31.8 Å². The van der Waals surface area contributed by atoms with Crippen LogP contribution in [0.2, 0.25) is 0 Å². The molecule has 0 aromatic heterocycles. The molecule has 7 amide bonds. The fourth-order valence-corrected chi connectivity index (χ4v) is 5.95. The van der Waals surface area contributed by atoms with Crippen molar-refractivity contribution in [1.82, 2.24) is 37.0 Å². The number of unbranched alkanes of at least 4 members (excludes halogenated alkanes) is 9. The van der Waals surface area contributed by atoms with Gasteiger partial charge in [0, 0.05) is 19.5 Å². The summed E-state index contributed by atoms with van der Waals surface area (Å²) in [6.07, 6.45) is 5.36. The highest BCUT2D eigenvalue weighted by molar-refractivity contribution is 5.98. The lowest BCUT2D eigenvalue weighted by Crippen LogP contribution is -2.62. The van der Waals surface area contributed by atoms with Crippen molar-refractivity contribution in [2.24, 2.45) is 11.5 Å². The quantitative estimate of drug-likeness (QED) is 0.0124. The van der Waals surface area contributed by atoms with Crippen molar-refractivity contribution in [3.63, 3.8) is 0 Å². The predicted molar refractivity (Wildman–Crippen MR) is 219 cm³/mol. The fraction of sp³-hybridized carbons (Fsp3) is 0.789. The number of nitrogens with zero attached hydrogens (tertiary/aromatic N) is 1. The topological polar surface area (TPSA) is 385 Å². The van der Waals surface area contributed by atoms with Crippen LogP contribution in [0, 0.1) is 0 Å². The highest BCUT2D eigenvalue weighted by Gasteiger charge is 2.38. The SMILES string of the molecule is CCCCCCCCCCCC(=O)N[C@@H](CO)[C@H](O)CC(=O)N[C@@H](CO)C(=O)N[C@H](C(=O)N[C@@H](CCN)C(=O)N[C@@H](CCCN(O)C=O)C(=O)NCCCCN)[C@@H](O)C(=O)O. The average Bonchev–Trinajstić information content (AvgIpc) is 3.23. The number of carboxylic acid groups (broad SMARTS) is 1. The minimum Gasteiger partial charge on any atom is -0.479 e. The Kier molecular flexibility index (Phi) is 31.6. The largest absolute Gasteiger partial charge is 0.479 e. The van der Waals surface area contributed by atoms with Gasteiger partial charge in [-0.25, -0.2) is 9.86 Å². The number of hydroxylamine groups is 2. The second-order valence-electron chi connectivity index (χ2n) is 14.7. The number of carbonyl (C=O) groups is 8. The summed E-state index contributed by atoms with van der Waals surface area (Å²) in [5, 5.41) is 73.6. The molecule has 61 heavy (non-hydrogen) atoms. The van der Waals surface area contributed by atoms with Crippen LogP contribution >= 0.6 is 0 Å². The van der Waals surface area contributed by atoms with Crippen molar-refractivity contribution in [3.05, 3.63) is 0 Å². The number of amides is 7. The molecule has 0 heterocycles. The van der Waals surface area contributed by atoms with Gasteiger partial charge in [-0.1, -0.05) is 58.3 Å². The first-order chi connectivity index (χ1) is 29.1. The Bertz CT molecular complexity index is 1330. The van der Waals surface area contributed by atoms with Gasteiger partial charge in [0.15, 0.2) is 6.10 Å². The van der Waals surface area contributed by atoms with E-state index in [4.69, 9.17) is 11.5 Å². The molecule has 0 aromatic carbocycles. The summed E-state index contributed by atoms with van der Waals surface area (Å²) in [6.45, 7) is 0.467. The summed E-state index contributed by atoms with van der Waals surface area (Å²) < 4.78 is 0. The Morgan fingerprint density at radius 2 is 1.23 bits per heavy atom. The van der Waals surface area contributed by atoms with E-state index in [0.29, 0.717) is 30.9 Å². The summed E-state index contributed by atoms with van der Waals surface area (Å²) in [4.78, 5) is 101. The molecule has 352 valence electrons. The minimum absolute atomic E-state index is 0.0444. The molecule has 23 nitrogen and oxygen atoms in total. The van der Waals surface area contributed by atoms with Gasteiger partial charge < -0.3 is 68.9 Å². The van der Waals surface area contributed by atoms with E-state index in [1.807, 2.05) is 5.32 Å². The van der Waals surface area contributed by atoms with Crippen LogP contribution in [0.25, 0.3) is 0 Å². The summed E-state index contributed by atoms with van der Waals surface area (Å²) >= 11 is 0. The molecule has 0 saturated heterocycles. The summed E-state index contributed by atoms with van der Waals surface area (Å²) in [5.74, 6) is -7.89. The normalized spacial score (nSPS) is 14.5. The Labute approximate surface area is 356 Å². The highest BCUT2D eigenvalue weighted by atomic mass is 16.5. The molecule has 0 aliphatic heterocycles. The monoisotopic (exact) mass is 878 g/mol. The smallest absolute Gasteiger partial charge is 0.335 e. The number of hydrogen-bond donors (Lipinski definition) is 14. The average molecular weight is 878 g/mol. The van der Waals surface area contributed by atoms with Crippen LogP contribution in [-0.4, -0.2) is 165 Å². The van der Waals surface area contributed by atoms with Crippen LogP contribution in [0.4, 0.5) is 0 Å². The molecule has 0 unspecified atom stereocenters. The third-order valence-electron chi connectivity index (χ3n) is 9.55. The molecule has 23 heteroatoms. The van der Waals surface area contributed by atoms with E-state index >= 15 is 0 Å². The van der Waals surface area contributed by atoms with E-state index in [1.165, 1.54) is 25.7 Å². The first kappa shape index (κ1) is 56.5.